The first-order chi connectivity index (χ1) is 12.0. The second kappa shape index (κ2) is 7.77. The molecular formula is C20H26ClNO3. The molecule has 4 nitrogen and oxygen atoms in total. The van der Waals surface area contributed by atoms with Crippen LogP contribution in [0.25, 0.3) is 0 Å². The van der Waals surface area contributed by atoms with E-state index < -0.39 is 0 Å². The summed E-state index contributed by atoms with van der Waals surface area (Å²) in [7, 11) is 1.52. The standard InChI is InChI=1S/C20H26ClNO3/c1-12(16-10-13-3-4-14(16)9-13)22-20(24)8-6-18(23)17-11-15(21)5-7-19(17)25-2/h5,7,11-14,16H,3-4,6,8-10H2,1-2H3,(H,22,24). The van der Waals surface area contributed by atoms with Crippen molar-refractivity contribution in [1.29, 1.82) is 0 Å². The number of Topliss-reactive ketones (excluding diaryl/α,β-unsaturated/α-hetero) is 1. The van der Waals surface area contributed by atoms with E-state index in [1.165, 1.54) is 32.8 Å². The van der Waals surface area contributed by atoms with Crippen molar-refractivity contribution in [1.82, 2.24) is 5.32 Å². The Kier molecular flexibility index (Phi) is 5.67. The molecule has 4 atom stereocenters. The number of benzene rings is 1. The van der Waals surface area contributed by atoms with E-state index in [-0.39, 0.29) is 30.6 Å². The van der Waals surface area contributed by atoms with Crippen molar-refractivity contribution < 1.29 is 14.3 Å². The third-order valence-corrected chi connectivity index (χ3v) is 6.10. The molecule has 1 aromatic rings. The van der Waals surface area contributed by atoms with Gasteiger partial charge in [-0.2, -0.15) is 0 Å². The number of halogens is 1. The molecule has 2 aliphatic rings. The Balaban J connectivity index is 1.50. The third-order valence-electron chi connectivity index (χ3n) is 5.86. The Bertz CT molecular complexity index is 660. The zero-order chi connectivity index (χ0) is 18.0. The van der Waals surface area contributed by atoms with Crippen molar-refractivity contribution in [3.63, 3.8) is 0 Å². The molecule has 2 saturated carbocycles. The van der Waals surface area contributed by atoms with E-state index in [0.717, 1.165) is 11.8 Å². The fourth-order valence-corrected chi connectivity index (χ4v) is 4.77. The molecule has 1 N–H and O–H groups in total. The molecule has 1 aromatic carbocycles. The van der Waals surface area contributed by atoms with Crippen molar-refractivity contribution in [2.45, 2.75) is 51.5 Å². The highest BCUT2D eigenvalue weighted by atomic mass is 35.5. The van der Waals surface area contributed by atoms with E-state index in [1.54, 1.807) is 18.2 Å². The lowest BCUT2D eigenvalue weighted by Gasteiger charge is -2.28. The van der Waals surface area contributed by atoms with Gasteiger partial charge in [-0.1, -0.05) is 18.0 Å². The van der Waals surface area contributed by atoms with Crippen molar-refractivity contribution in [2.75, 3.05) is 7.11 Å². The van der Waals surface area contributed by atoms with Crippen LogP contribution in [0.15, 0.2) is 18.2 Å². The van der Waals surface area contributed by atoms with Crippen LogP contribution in [-0.4, -0.2) is 24.8 Å². The fraction of sp³-hybridized carbons (Fsp3) is 0.600. The summed E-state index contributed by atoms with van der Waals surface area (Å²) in [6, 6.07) is 5.14. The molecule has 2 fully saturated rings. The number of rotatable bonds is 7. The Morgan fingerprint density at radius 2 is 2.08 bits per heavy atom. The van der Waals surface area contributed by atoms with Crippen LogP contribution in [0.3, 0.4) is 0 Å². The lowest BCUT2D eigenvalue weighted by atomic mass is 9.84. The highest BCUT2D eigenvalue weighted by Crippen LogP contribution is 2.49. The maximum atomic E-state index is 12.4. The van der Waals surface area contributed by atoms with Crippen LogP contribution in [0.1, 0.15) is 55.8 Å². The molecule has 25 heavy (non-hydrogen) atoms. The van der Waals surface area contributed by atoms with E-state index in [2.05, 4.69) is 12.2 Å². The van der Waals surface area contributed by atoms with Gasteiger partial charge in [-0.3, -0.25) is 9.59 Å². The minimum Gasteiger partial charge on any atom is -0.496 e. The van der Waals surface area contributed by atoms with Crippen LogP contribution >= 0.6 is 11.6 Å². The Hall–Kier alpha value is -1.55. The highest BCUT2D eigenvalue weighted by molar-refractivity contribution is 6.31. The third kappa shape index (κ3) is 4.17. The van der Waals surface area contributed by atoms with Gasteiger partial charge in [0.2, 0.25) is 5.91 Å². The van der Waals surface area contributed by atoms with Gasteiger partial charge in [0.05, 0.1) is 12.7 Å². The second-order valence-electron chi connectivity index (χ2n) is 7.46. The van der Waals surface area contributed by atoms with Gasteiger partial charge in [-0.15, -0.1) is 0 Å². The van der Waals surface area contributed by atoms with Crippen LogP contribution in [0.2, 0.25) is 5.02 Å². The molecule has 0 heterocycles. The lowest BCUT2D eigenvalue weighted by Crippen LogP contribution is -2.40. The minimum absolute atomic E-state index is 0.0513. The molecule has 0 spiro atoms. The zero-order valence-corrected chi connectivity index (χ0v) is 15.6. The Labute approximate surface area is 154 Å². The molecule has 2 aliphatic carbocycles. The molecule has 0 aliphatic heterocycles. The van der Waals surface area contributed by atoms with Gasteiger partial charge in [0.15, 0.2) is 5.78 Å². The first-order valence-corrected chi connectivity index (χ1v) is 9.51. The van der Waals surface area contributed by atoms with Gasteiger partial charge in [-0.05, 0) is 62.1 Å². The number of carbonyl (C=O) groups excluding carboxylic acids is 2. The molecule has 0 aromatic heterocycles. The van der Waals surface area contributed by atoms with E-state index in [0.29, 0.717) is 22.3 Å². The van der Waals surface area contributed by atoms with Crippen molar-refractivity contribution in [3.8, 4) is 5.75 Å². The van der Waals surface area contributed by atoms with Crippen molar-refractivity contribution in [3.05, 3.63) is 28.8 Å². The maximum Gasteiger partial charge on any atom is 0.220 e. The molecule has 1 amide bonds. The first-order valence-electron chi connectivity index (χ1n) is 9.14. The van der Waals surface area contributed by atoms with Gasteiger partial charge >= 0.3 is 0 Å². The Morgan fingerprint density at radius 1 is 1.28 bits per heavy atom. The van der Waals surface area contributed by atoms with Crippen LogP contribution < -0.4 is 10.1 Å². The normalized spacial score (nSPS) is 25.6. The van der Waals surface area contributed by atoms with E-state index in [1.807, 2.05) is 0 Å². The quantitative estimate of drug-likeness (QED) is 0.736. The predicted molar refractivity (Wildman–Crippen MR) is 98.1 cm³/mol. The van der Waals surface area contributed by atoms with E-state index in [4.69, 9.17) is 16.3 Å². The zero-order valence-electron chi connectivity index (χ0n) is 14.9. The number of amides is 1. The predicted octanol–water partition coefficient (Wildman–Crippen LogP) is 4.25. The SMILES string of the molecule is COc1ccc(Cl)cc1C(=O)CCC(=O)NC(C)C1CC2CCC1C2. The summed E-state index contributed by atoms with van der Waals surface area (Å²) in [5, 5.41) is 3.59. The molecule has 0 radical (unpaired) electrons. The molecule has 136 valence electrons. The summed E-state index contributed by atoms with van der Waals surface area (Å²) in [4.78, 5) is 24.7. The number of nitrogens with one attached hydrogen (secondary N) is 1. The number of hydrogen-bond acceptors (Lipinski definition) is 3. The van der Waals surface area contributed by atoms with Crippen LogP contribution in [0.4, 0.5) is 0 Å². The van der Waals surface area contributed by atoms with Crippen molar-refractivity contribution in [2.24, 2.45) is 17.8 Å². The maximum absolute atomic E-state index is 12.4. The Morgan fingerprint density at radius 3 is 2.72 bits per heavy atom. The molecule has 5 heteroatoms. The van der Waals surface area contributed by atoms with E-state index >= 15 is 0 Å². The number of ether oxygens (including phenoxy) is 1. The number of hydrogen-bond donors (Lipinski definition) is 1. The second-order valence-corrected chi connectivity index (χ2v) is 7.90. The highest BCUT2D eigenvalue weighted by Gasteiger charge is 2.42. The number of fused-ring (bicyclic) bond motifs is 2. The molecule has 0 saturated heterocycles. The van der Waals surface area contributed by atoms with Gasteiger partial charge < -0.3 is 10.1 Å². The molecular weight excluding hydrogens is 338 g/mol. The summed E-state index contributed by atoms with van der Waals surface area (Å²) in [5.74, 6) is 2.56. The molecule has 3 rings (SSSR count). The average Bonchev–Trinajstić information content (AvgIpc) is 3.23. The van der Waals surface area contributed by atoms with Crippen LogP contribution in [0.5, 0.6) is 5.75 Å². The van der Waals surface area contributed by atoms with Gasteiger partial charge in [0.25, 0.3) is 0 Å². The lowest BCUT2D eigenvalue weighted by molar-refractivity contribution is -0.122. The summed E-state index contributed by atoms with van der Waals surface area (Å²) in [6.45, 7) is 2.10. The summed E-state index contributed by atoms with van der Waals surface area (Å²) < 4.78 is 5.21. The molecule has 4 unspecified atom stereocenters. The fourth-order valence-electron chi connectivity index (χ4n) is 4.60. The van der Waals surface area contributed by atoms with Crippen LogP contribution in [-0.2, 0) is 4.79 Å². The van der Waals surface area contributed by atoms with Crippen LogP contribution in [0, 0.1) is 17.8 Å². The number of carbonyl (C=O) groups is 2. The monoisotopic (exact) mass is 363 g/mol. The number of methoxy groups -OCH3 is 1. The van der Waals surface area contributed by atoms with Crippen molar-refractivity contribution >= 4 is 23.3 Å². The average molecular weight is 364 g/mol. The summed E-state index contributed by atoms with van der Waals surface area (Å²) >= 11 is 5.97. The minimum atomic E-state index is -0.123. The smallest absolute Gasteiger partial charge is 0.220 e. The van der Waals surface area contributed by atoms with Gasteiger partial charge in [0.1, 0.15) is 5.75 Å². The largest absolute Gasteiger partial charge is 0.496 e. The van der Waals surface area contributed by atoms with E-state index in [9.17, 15) is 9.59 Å². The first kappa shape index (κ1) is 18.2. The van der Waals surface area contributed by atoms with Gasteiger partial charge in [0, 0.05) is 23.9 Å². The summed E-state index contributed by atoms with van der Waals surface area (Å²) in [6.07, 6.45) is 5.59. The summed E-state index contributed by atoms with van der Waals surface area (Å²) in [5.41, 5.74) is 0.434. The number of ketones is 1. The van der Waals surface area contributed by atoms with Gasteiger partial charge in [-0.25, -0.2) is 0 Å². The molecule has 2 bridgehead atoms. The topological polar surface area (TPSA) is 55.4 Å².